The standard InChI is InChI=1S/C24H32N4O4S/c1-18-7-9-19(10-8-18)15-26-23(29)20-6-5-13-28(17-20)33(31,32)21-14-22(25-16-21)24(30)27-11-3-2-4-12-27/h7-10,14,16,20,25H,2-6,11-13,15,17H2,1H3,(H,26,29). The molecule has 2 aliphatic rings. The number of nitrogens with one attached hydrogen (secondary N) is 2. The van der Waals surface area contributed by atoms with Gasteiger partial charge in [-0.3, -0.25) is 9.59 Å². The predicted octanol–water partition coefficient (Wildman–Crippen LogP) is 2.67. The van der Waals surface area contributed by atoms with Crippen LogP contribution in [0.1, 0.15) is 53.7 Å². The molecule has 1 unspecified atom stereocenters. The van der Waals surface area contributed by atoms with E-state index in [-0.39, 0.29) is 23.3 Å². The third-order valence-electron chi connectivity index (χ3n) is 6.51. The van der Waals surface area contributed by atoms with Crippen LogP contribution in [0.3, 0.4) is 0 Å². The fourth-order valence-electron chi connectivity index (χ4n) is 4.48. The van der Waals surface area contributed by atoms with Crippen molar-refractivity contribution in [1.29, 1.82) is 0 Å². The topological polar surface area (TPSA) is 103 Å². The molecular weight excluding hydrogens is 440 g/mol. The first kappa shape index (κ1) is 23.5. The number of carbonyl (C=O) groups excluding carboxylic acids is 2. The summed E-state index contributed by atoms with van der Waals surface area (Å²) in [5.41, 5.74) is 2.45. The van der Waals surface area contributed by atoms with Crippen molar-refractivity contribution in [3.8, 4) is 0 Å². The summed E-state index contributed by atoms with van der Waals surface area (Å²) >= 11 is 0. The van der Waals surface area contributed by atoms with Crippen molar-refractivity contribution in [2.75, 3.05) is 26.2 Å². The zero-order valence-corrected chi connectivity index (χ0v) is 19.9. The summed E-state index contributed by atoms with van der Waals surface area (Å²) in [5, 5.41) is 2.94. The number of piperidine rings is 2. The van der Waals surface area contributed by atoms with E-state index in [0.717, 1.165) is 30.4 Å². The van der Waals surface area contributed by atoms with Crippen LogP contribution in [0.5, 0.6) is 0 Å². The van der Waals surface area contributed by atoms with E-state index >= 15 is 0 Å². The van der Waals surface area contributed by atoms with Gasteiger partial charge in [0.05, 0.1) is 5.92 Å². The maximum absolute atomic E-state index is 13.2. The second-order valence-electron chi connectivity index (χ2n) is 9.01. The molecule has 2 saturated heterocycles. The average molecular weight is 473 g/mol. The van der Waals surface area contributed by atoms with Gasteiger partial charge in [-0.05, 0) is 50.7 Å². The molecule has 33 heavy (non-hydrogen) atoms. The fraction of sp³-hybridized carbons (Fsp3) is 0.500. The zero-order valence-electron chi connectivity index (χ0n) is 19.0. The fourth-order valence-corrected chi connectivity index (χ4v) is 6.00. The Balaban J connectivity index is 1.38. The summed E-state index contributed by atoms with van der Waals surface area (Å²) in [6, 6.07) is 9.37. The number of nitrogens with zero attached hydrogens (tertiary/aromatic N) is 2. The van der Waals surface area contributed by atoms with Crippen molar-refractivity contribution in [3.63, 3.8) is 0 Å². The Labute approximate surface area is 195 Å². The molecule has 0 radical (unpaired) electrons. The third-order valence-corrected chi connectivity index (χ3v) is 8.35. The van der Waals surface area contributed by atoms with Crippen molar-refractivity contribution in [3.05, 3.63) is 53.3 Å². The summed E-state index contributed by atoms with van der Waals surface area (Å²) in [6.07, 6.45) is 5.71. The second-order valence-corrected chi connectivity index (χ2v) is 10.9. The molecule has 9 heteroatoms. The van der Waals surface area contributed by atoms with Crippen LogP contribution in [0.4, 0.5) is 0 Å². The SMILES string of the molecule is Cc1ccc(CNC(=O)C2CCCN(S(=O)(=O)c3c[nH]c(C(=O)N4CCCCC4)c3)C2)cc1. The normalized spacial score (nSPS) is 19.9. The number of benzene rings is 1. The van der Waals surface area contributed by atoms with Gasteiger partial charge in [0.25, 0.3) is 5.91 Å². The Hall–Kier alpha value is -2.65. The molecule has 2 fully saturated rings. The molecule has 0 spiro atoms. The van der Waals surface area contributed by atoms with Crippen molar-refractivity contribution in [1.82, 2.24) is 19.5 Å². The van der Waals surface area contributed by atoms with Crippen LogP contribution < -0.4 is 5.32 Å². The maximum atomic E-state index is 13.2. The van der Waals surface area contributed by atoms with E-state index < -0.39 is 15.9 Å². The number of hydrogen-bond acceptors (Lipinski definition) is 4. The average Bonchev–Trinajstić information content (AvgIpc) is 3.35. The van der Waals surface area contributed by atoms with Crippen molar-refractivity contribution in [2.24, 2.45) is 5.92 Å². The Bertz CT molecular complexity index is 1090. The Morgan fingerprint density at radius 1 is 1.06 bits per heavy atom. The minimum atomic E-state index is -3.79. The maximum Gasteiger partial charge on any atom is 0.270 e. The number of hydrogen-bond donors (Lipinski definition) is 2. The Kier molecular flexibility index (Phi) is 7.19. The summed E-state index contributed by atoms with van der Waals surface area (Å²) in [6.45, 7) is 4.34. The van der Waals surface area contributed by atoms with Crippen molar-refractivity contribution < 1.29 is 18.0 Å². The highest BCUT2D eigenvalue weighted by atomic mass is 32.2. The van der Waals surface area contributed by atoms with Crippen LogP contribution in [0, 0.1) is 12.8 Å². The van der Waals surface area contributed by atoms with Gasteiger partial charge in [-0.15, -0.1) is 0 Å². The number of carbonyl (C=O) groups is 2. The largest absolute Gasteiger partial charge is 0.356 e. The minimum Gasteiger partial charge on any atom is -0.356 e. The van der Waals surface area contributed by atoms with E-state index in [4.69, 9.17) is 0 Å². The number of aromatic amines is 1. The van der Waals surface area contributed by atoms with Crippen molar-refractivity contribution in [2.45, 2.75) is 50.5 Å². The summed E-state index contributed by atoms with van der Waals surface area (Å²) < 4.78 is 27.8. The summed E-state index contributed by atoms with van der Waals surface area (Å²) in [4.78, 5) is 30.1. The number of sulfonamides is 1. The van der Waals surface area contributed by atoms with Crippen LogP contribution in [-0.4, -0.2) is 60.6 Å². The molecule has 178 valence electrons. The smallest absolute Gasteiger partial charge is 0.270 e. The number of amides is 2. The molecule has 2 aliphatic heterocycles. The number of rotatable bonds is 6. The molecule has 1 aromatic carbocycles. The molecule has 0 bridgehead atoms. The molecule has 8 nitrogen and oxygen atoms in total. The lowest BCUT2D eigenvalue weighted by Crippen LogP contribution is -2.45. The monoisotopic (exact) mass is 472 g/mol. The molecule has 1 aromatic heterocycles. The lowest BCUT2D eigenvalue weighted by molar-refractivity contribution is -0.126. The molecular formula is C24H32N4O4S. The third kappa shape index (κ3) is 5.47. The predicted molar refractivity (Wildman–Crippen MR) is 125 cm³/mol. The number of H-pyrrole nitrogens is 1. The van der Waals surface area contributed by atoms with E-state index in [9.17, 15) is 18.0 Å². The lowest BCUT2D eigenvalue weighted by atomic mass is 9.98. The van der Waals surface area contributed by atoms with E-state index in [1.54, 1.807) is 4.90 Å². The van der Waals surface area contributed by atoms with Gasteiger partial charge in [-0.1, -0.05) is 29.8 Å². The molecule has 1 atom stereocenters. The molecule has 2 aromatic rings. The van der Waals surface area contributed by atoms with Gasteiger partial charge in [0.15, 0.2) is 0 Å². The van der Waals surface area contributed by atoms with Gasteiger partial charge >= 0.3 is 0 Å². The lowest BCUT2D eigenvalue weighted by Gasteiger charge is -2.31. The molecule has 2 N–H and O–H groups in total. The molecule has 0 saturated carbocycles. The van der Waals surface area contributed by atoms with E-state index in [0.29, 0.717) is 44.7 Å². The van der Waals surface area contributed by atoms with Crippen LogP contribution >= 0.6 is 0 Å². The second kappa shape index (κ2) is 10.1. The van der Waals surface area contributed by atoms with Crippen LogP contribution in [0.15, 0.2) is 41.4 Å². The summed E-state index contributed by atoms with van der Waals surface area (Å²) in [7, 11) is -3.79. The van der Waals surface area contributed by atoms with Gasteiger partial charge in [-0.2, -0.15) is 4.31 Å². The van der Waals surface area contributed by atoms with Gasteiger partial charge in [-0.25, -0.2) is 8.42 Å². The number of aromatic nitrogens is 1. The number of likely N-dealkylation sites (tertiary alicyclic amines) is 1. The van der Waals surface area contributed by atoms with Crippen LogP contribution in [-0.2, 0) is 21.4 Å². The highest BCUT2D eigenvalue weighted by Crippen LogP contribution is 2.25. The Morgan fingerprint density at radius 3 is 2.52 bits per heavy atom. The first-order valence-corrected chi connectivity index (χ1v) is 13.1. The van der Waals surface area contributed by atoms with Crippen LogP contribution in [0.25, 0.3) is 0 Å². The van der Waals surface area contributed by atoms with E-state index in [2.05, 4.69) is 10.3 Å². The minimum absolute atomic E-state index is 0.0728. The van der Waals surface area contributed by atoms with Gasteiger partial charge in [0, 0.05) is 38.9 Å². The zero-order chi connectivity index (χ0) is 23.4. The molecule has 0 aliphatic carbocycles. The highest BCUT2D eigenvalue weighted by molar-refractivity contribution is 7.89. The molecule has 4 rings (SSSR count). The Morgan fingerprint density at radius 2 is 1.79 bits per heavy atom. The van der Waals surface area contributed by atoms with Crippen molar-refractivity contribution >= 4 is 21.8 Å². The van der Waals surface area contributed by atoms with Gasteiger partial charge < -0.3 is 15.2 Å². The number of aryl methyl sites for hydroxylation is 1. The summed E-state index contributed by atoms with van der Waals surface area (Å²) in [5.74, 6) is -0.693. The van der Waals surface area contributed by atoms with E-state index in [1.807, 2.05) is 31.2 Å². The molecule has 3 heterocycles. The quantitative estimate of drug-likeness (QED) is 0.675. The first-order chi connectivity index (χ1) is 15.8. The van der Waals surface area contributed by atoms with Crippen LogP contribution in [0.2, 0.25) is 0 Å². The highest BCUT2D eigenvalue weighted by Gasteiger charge is 2.34. The van der Waals surface area contributed by atoms with E-state index in [1.165, 1.54) is 16.6 Å². The van der Waals surface area contributed by atoms with Gasteiger partial charge in [0.2, 0.25) is 15.9 Å². The first-order valence-electron chi connectivity index (χ1n) is 11.7. The molecule has 2 amide bonds. The van der Waals surface area contributed by atoms with Gasteiger partial charge in [0.1, 0.15) is 10.6 Å².